The maximum Gasteiger partial charge on any atom is 0.226 e. The van der Waals surface area contributed by atoms with Crippen LogP contribution in [0.2, 0.25) is 5.02 Å². The van der Waals surface area contributed by atoms with E-state index in [1.165, 1.54) is 0 Å². The Kier molecular flexibility index (Phi) is 3.35. The van der Waals surface area contributed by atoms with Gasteiger partial charge in [0.2, 0.25) is 5.89 Å². The fraction of sp³-hybridized carbons (Fsp3) is 0. The first-order valence-corrected chi connectivity index (χ1v) is 6.41. The van der Waals surface area contributed by atoms with Crippen molar-refractivity contribution in [1.29, 1.82) is 0 Å². The quantitative estimate of drug-likeness (QED) is 0.666. The highest BCUT2D eigenvalue weighted by Gasteiger charge is 2.09. The van der Waals surface area contributed by atoms with Gasteiger partial charge in [-0.05, 0) is 24.3 Å². The van der Waals surface area contributed by atoms with Crippen LogP contribution >= 0.6 is 11.6 Å². The molecule has 0 radical (unpaired) electrons. The molecular weight excluding hydrogens is 274 g/mol. The molecule has 0 aliphatic heterocycles. The number of rotatable bonds is 3. The van der Waals surface area contributed by atoms with E-state index in [4.69, 9.17) is 16.0 Å². The minimum absolute atomic E-state index is 0.499. The van der Waals surface area contributed by atoms with Crippen LogP contribution in [0.3, 0.4) is 0 Å². The molecule has 0 atom stereocenters. The summed E-state index contributed by atoms with van der Waals surface area (Å²) in [5.74, 6) is 0.499. The van der Waals surface area contributed by atoms with Gasteiger partial charge >= 0.3 is 0 Å². The van der Waals surface area contributed by atoms with Crippen molar-refractivity contribution in [3.05, 3.63) is 65.4 Å². The van der Waals surface area contributed by atoms with E-state index >= 15 is 0 Å². The van der Waals surface area contributed by atoms with Crippen molar-refractivity contribution in [2.75, 3.05) is 0 Å². The van der Waals surface area contributed by atoms with Crippen LogP contribution in [0.1, 0.15) is 10.4 Å². The van der Waals surface area contributed by atoms with Crippen LogP contribution in [0.5, 0.6) is 0 Å². The molecule has 0 aliphatic carbocycles. The zero-order valence-electron chi connectivity index (χ0n) is 10.4. The van der Waals surface area contributed by atoms with Gasteiger partial charge in [-0.3, -0.25) is 4.79 Å². The number of halogens is 1. The average molecular weight is 284 g/mol. The zero-order chi connectivity index (χ0) is 13.9. The second-order valence-electron chi connectivity index (χ2n) is 4.29. The number of nitrogens with zero attached hydrogens (tertiary/aromatic N) is 1. The summed E-state index contributed by atoms with van der Waals surface area (Å²) in [6.45, 7) is 0. The minimum atomic E-state index is 0.499. The number of benzene rings is 2. The van der Waals surface area contributed by atoms with Crippen LogP contribution in [-0.2, 0) is 0 Å². The first-order valence-electron chi connectivity index (χ1n) is 6.03. The van der Waals surface area contributed by atoms with Gasteiger partial charge < -0.3 is 4.42 Å². The van der Waals surface area contributed by atoms with Gasteiger partial charge in [-0.2, -0.15) is 0 Å². The molecule has 2 aromatic carbocycles. The van der Waals surface area contributed by atoms with Crippen molar-refractivity contribution in [2.45, 2.75) is 0 Å². The number of carbonyl (C=O) groups is 1. The molecule has 3 aromatic rings. The smallest absolute Gasteiger partial charge is 0.226 e. The number of hydrogen-bond donors (Lipinski definition) is 0. The molecule has 0 unspecified atom stereocenters. The summed E-state index contributed by atoms with van der Waals surface area (Å²) in [6.07, 6.45) is 2.38. The molecule has 20 heavy (non-hydrogen) atoms. The maximum atomic E-state index is 10.8. The van der Waals surface area contributed by atoms with Gasteiger partial charge in [-0.25, -0.2) is 4.98 Å². The van der Waals surface area contributed by atoms with Crippen molar-refractivity contribution >= 4 is 17.9 Å². The largest absolute Gasteiger partial charge is 0.444 e. The number of aldehydes is 1. The maximum absolute atomic E-state index is 10.8. The van der Waals surface area contributed by atoms with E-state index in [2.05, 4.69) is 4.98 Å². The Bertz CT molecular complexity index is 764. The SMILES string of the molecule is O=Cc1cccc(-c2coc(-c3cccc(Cl)c3)n2)c1. The molecular formula is C16H10ClNO2. The highest BCUT2D eigenvalue weighted by molar-refractivity contribution is 6.30. The lowest BCUT2D eigenvalue weighted by atomic mass is 10.1. The van der Waals surface area contributed by atoms with Gasteiger partial charge in [0.1, 0.15) is 18.2 Å². The summed E-state index contributed by atoms with van der Waals surface area (Å²) in [4.78, 5) is 15.2. The summed E-state index contributed by atoms with van der Waals surface area (Å²) in [6, 6.07) is 14.5. The van der Waals surface area contributed by atoms with E-state index in [-0.39, 0.29) is 0 Å². The first-order chi connectivity index (χ1) is 9.76. The Balaban J connectivity index is 1.99. The Labute approximate surface area is 120 Å². The molecule has 1 heterocycles. The highest BCUT2D eigenvalue weighted by Crippen LogP contribution is 2.26. The van der Waals surface area contributed by atoms with E-state index in [0.29, 0.717) is 22.2 Å². The van der Waals surface area contributed by atoms with E-state index in [9.17, 15) is 4.79 Å². The van der Waals surface area contributed by atoms with E-state index < -0.39 is 0 Å². The monoisotopic (exact) mass is 283 g/mol. The lowest BCUT2D eigenvalue weighted by molar-refractivity contribution is 0.112. The summed E-state index contributed by atoms with van der Waals surface area (Å²) >= 11 is 5.95. The van der Waals surface area contributed by atoms with Crippen molar-refractivity contribution in [3.63, 3.8) is 0 Å². The first kappa shape index (κ1) is 12.6. The van der Waals surface area contributed by atoms with Crippen LogP contribution in [0.25, 0.3) is 22.7 Å². The average Bonchev–Trinajstić information content (AvgIpc) is 2.97. The molecule has 0 saturated carbocycles. The predicted octanol–water partition coefficient (Wildman–Crippen LogP) is 4.47. The van der Waals surface area contributed by atoms with Crippen LogP contribution in [0.15, 0.2) is 59.2 Å². The summed E-state index contributed by atoms with van der Waals surface area (Å²) in [5.41, 5.74) is 2.94. The molecule has 0 aliphatic rings. The number of oxazole rings is 1. The topological polar surface area (TPSA) is 43.1 Å². The number of aromatic nitrogens is 1. The van der Waals surface area contributed by atoms with E-state index in [1.54, 1.807) is 30.5 Å². The van der Waals surface area contributed by atoms with Crippen molar-refractivity contribution in [3.8, 4) is 22.7 Å². The predicted molar refractivity (Wildman–Crippen MR) is 77.8 cm³/mol. The second-order valence-corrected chi connectivity index (χ2v) is 4.73. The van der Waals surface area contributed by atoms with Gasteiger partial charge in [0.05, 0.1) is 0 Å². The third-order valence-electron chi connectivity index (χ3n) is 2.89. The Morgan fingerprint density at radius 3 is 2.65 bits per heavy atom. The van der Waals surface area contributed by atoms with Crippen molar-refractivity contribution < 1.29 is 9.21 Å². The second kappa shape index (κ2) is 5.31. The molecule has 0 fully saturated rings. The van der Waals surface area contributed by atoms with Crippen LogP contribution in [-0.4, -0.2) is 11.3 Å². The van der Waals surface area contributed by atoms with Crippen LogP contribution in [0.4, 0.5) is 0 Å². The molecule has 3 rings (SSSR count). The van der Waals surface area contributed by atoms with Gasteiger partial charge in [0.25, 0.3) is 0 Å². The highest BCUT2D eigenvalue weighted by atomic mass is 35.5. The normalized spacial score (nSPS) is 10.4. The standard InChI is InChI=1S/C16H10ClNO2/c17-14-6-2-5-13(8-14)16-18-15(10-20-16)12-4-1-3-11(7-12)9-19/h1-10H. The summed E-state index contributed by atoms with van der Waals surface area (Å²) in [7, 11) is 0. The fourth-order valence-corrected chi connectivity index (χ4v) is 2.12. The van der Waals surface area contributed by atoms with Crippen LogP contribution in [0, 0.1) is 0 Å². The Hall–Kier alpha value is -2.39. The van der Waals surface area contributed by atoms with E-state index in [1.807, 2.05) is 24.3 Å². The van der Waals surface area contributed by atoms with Gasteiger partial charge in [0, 0.05) is 21.7 Å². The molecule has 0 amide bonds. The van der Waals surface area contributed by atoms with Crippen LogP contribution < -0.4 is 0 Å². The van der Waals surface area contributed by atoms with E-state index in [0.717, 1.165) is 17.4 Å². The Morgan fingerprint density at radius 1 is 1.05 bits per heavy atom. The zero-order valence-corrected chi connectivity index (χ0v) is 11.2. The van der Waals surface area contributed by atoms with Gasteiger partial charge in [-0.15, -0.1) is 0 Å². The molecule has 1 aromatic heterocycles. The molecule has 4 heteroatoms. The third kappa shape index (κ3) is 2.49. The lowest BCUT2D eigenvalue weighted by Crippen LogP contribution is -1.83. The Morgan fingerprint density at radius 2 is 1.85 bits per heavy atom. The molecule has 3 nitrogen and oxygen atoms in total. The number of hydrogen-bond acceptors (Lipinski definition) is 3. The van der Waals surface area contributed by atoms with Crippen molar-refractivity contribution in [1.82, 2.24) is 4.98 Å². The molecule has 0 N–H and O–H groups in total. The molecule has 0 bridgehead atoms. The van der Waals surface area contributed by atoms with Gasteiger partial charge in [0.15, 0.2) is 0 Å². The number of carbonyl (C=O) groups excluding carboxylic acids is 1. The fourth-order valence-electron chi connectivity index (χ4n) is 1.93. The third-order valence-corrected chi connectivity index (χ3v) is 3.13. The minimum Gasteiger partial charge on any atom is -0.444 e. The molecule has 0 saturated heterocycles. The van der Waals surface area contributed by atoms with Crippen molar-refractivity contribution in [2.24, 2.45) is 0 Å². The lowest BCUT2D eigenvalue weighted by Gasteiger charge is -1.97. The summed E-state index contributed by atoms with van der Waals surface area (Å²) < 4.78 is 5.48. The molecule has 0 spiro atoms. The molecule has 98 valence electrons. The summed E-state index contributed by atoms with van der Waals surface area (Å²) in [5, 5.41) is 0.630. The van der Waals surface area contributed by atoms with Gasteiger partial charge in [-0.1, -0.05) is 35.9 Å².